The molecule has 2 amide bonds. The predicted molar refractivity (Wildman–Crippen MR) is 105 cm³/mol. The number of imide groups is 1. The maximum absolute atomic E-state index is 13.0. The second kappa shape index (κ2) is 6.06. The monoisotopic (exact) mass is 423 g/mol. The van der Waals surface area contributed by atoms with E-state index >= 15 is 0 Å². The van der Waals surface area contributed by atoms with Gasteiger partial charge >= 0.3 is 0 Å². The van der Waals surface area contributed by atoms with Crippen LogP contribution in [0, 0.1) is 23.7 Å². The Morgan fingerprint density at radius 1 is 0.926 bits per heavy atom. The molecule has 0 aromatic heterocycles. The molecule has 0 radical (unpaired) electrons. The Kier molecular flexibility index (Phi) is 3.76. The Labute approximate surface area is 165 Å². The molecule has 0 unspecified atom stereocenters. The average molecular weight is 424 g/mol. The number of carbonyl (C=O) groups is 2. The van der Waals surface area contributed by atoms with Crippen LogP contribution in [0.25, 0.3) is 0 Å². The number of hydrogen-bond acceptors (Lipinski definition) is 3. The van der Waals surface area contributed by atoms with Gasteiger partial charge in [0.15, 0.2) is 0 Å². The SMILES string of the molecule is CC1=C[C@H]2C[C@H]1[C@@H]1C(=O)N(c3ccc(Oc4ccc(Br)cc4)cc3)C(=O)[C@@H]12. The second-order valence-electron chi connectivity index (χ2n) is 7.53. The van der Waals surface area contributed by atoms with E-state index in [1.807, 2.05) is 24.3 Å². The highest BCUT2D eigenvalue weighted by atomic mass is 79.9. The number of amides is 2. The van der Waals surface area contributed by atoms with Crippen molar-refractivity contribution in [3.8, 4) is 11.5 Å². The van der Waals surface area contributed by atoms with Crippen molar-refractivity contribution in [2.75, 3.05) is 4.90 Å². The first-order valence-corrected chi connectivity index (χ1v) is 9.92. The molecular formula is C22H18BrNO3. The molecular weight excluding hydrogens is 406 g/mol. The van der Waals surface area contributed by atoms with Crippen molar-refractivity contribution in [1.29, 1.82) is 0 Å². The Balaban J connectivity index is 1.37. The van der Waals surface area contributed by atoms with Gasteiger partial charge in [-0.05, 0) is 73.7 Å². The third kappa shape index (κ3) is 2.56. The Bertz CT molecular complexity index is 964. The van der Waals surface area contributed by atoms with E-state index in [9.17, 15) is 9.59 Å². The summed E-state index contributed by atoms with van der Waals surface area (Å²) in [6, 6.07) is 14.7. The molecule has 27 heavy (non-hydrogen) atoms. The summed E-state index contributed by atoms with van der Waals surface area (Å²) < 4.78 is 6.81. The molecule has 1 heterocycles. The van der Waals surface area contributed by atoms with Crippen LogP contribution in [0.3, 0.4) is 0 Å². The van der Waals surface area contributed by atoms with Gasteiger partial charge in [-0.3, -0.25) is 14.5 Å². The van der Waals surface area contributed by atoms with Gasteiger partial charge in [0.2, 0.25) is 11.8 Å². The van der Waals surface area contributed by atoms with E-state index < -0.39 is 0 Å². The third-order valence-corrected chi connectivity index (χ3v) is 6.55. The van der Waals surface area contributed by atoms with Crippen molar-refractivity contribution in [3.05, 3.63) is 64.7 Å². The number of benzene rings is 2. The Hall–Kier alpha value is -2.40. The quantitative estimate of drug-likeness (QED) is 0.518. The zero-order valence-corrected chi connectivity index (χ0v) is 16.3. The molecule has 2 aliphatic carbocycles. The molecule has 2 bridgehead atoms. The van der Waals surface area contributed by atoms with Crippen molar-refractivity contribution in [2.45, 2.75) is 13.3 Å². The van der Waals surface area contributed by atoms with Crippen LogP contribution in [-0.2, 0) is 9.59 Å². The van der Waals surface area contributed by atoms with Gasteiger partial charge in [-0.15, -0.1) is 0 Å². The molecule has 4 nitrogen and oxygen atoms in total. The average Bonchev–Trinajstić information content (AvgIpc) is 3.29. The molecule has 1 aliphatic heterocycles. The van der Waals surface area contributed by atoms with Gasteiger partial charge < -0.3 is 4.74 Å². The lowest BCUT2D eigenvalue weighted by Gasteiger charge is -2.19. The highest BCUT2D eigenvalue weighted by Crippen LogP contribution is 2.55. The topological polar surface area (TPSA) is 46.6 Å². The summed E-state index contributed by atoms with van der Waals surface area (Å²) in [7, 11) is 0. The fourth-order valence-electron chi connectivity index (χ4n) is 4.83. The minimum absolute atomic E-state index is 0.0495. The molecule has 0 N–H and O–H groups in total. The first-order chi connectivity index (χ1) is 13.0. The second-order valence-corrected chi connectivity index (χ2v) is 8.45. The highest BCUT2D eigenvalue weighted by molar-refractivity contribution is 9.10. The number of allylic oxidation sites excluding steroid dienone is 2. The van der Waals surface area contributed by atoms with E-state index in [4.69, 9.17) is 4.74 Å². The van der Waals surface area contributed by atoms with Crippen molar-refractivity contribution < 1.29 is 14.3 Å². The van der Waals surface area contributed by atoms with Crippen molar-refractivity contribution in [1.82, 2.24) is 0 Å². The van der Waals surface area contributed by atoms with Crippen molar-refractivity contribution in [3.63, 3.8) is 0 Å². The van der Waals surface area contributed by atoms with Gasteiger partial charge in [-0.1, -0.05) is 27.6 Å². The molecule has 1 saturated heterocycles. The molecule has 5 heteroatoms. The summed E-state index contributed by atoms with van der Waals surface area (Å²) in [5.74, 6) is 1.40. The summed E-state index contributed by atoms with van der Waals surface area (Å²) in [6.07, 6.45) is 3.14. The minimum Gasteiger partial charge on any atom is -0.457 e. The number of anilines is 1. The summed E-state index contributed by atoms with van der Waals surface area (Å²) in [5, 5.41) is 0. The molecule has 3 aliphatic rings. The number of hydrogen-bond donors (Lipinski definition) is 0. The Morgan fingerprint density at radius 3 is 2.19 bits per heavy atom. The predicted octanol–water partition coefficient (Wildman–Crippen LogP) is 4.94. The van der Waals surface area contributed by atoms with Gasteiger partial charge in [0, 0.05) is 4.47 Å². The molecule has 5 rings (SSSR count). The molecule has 1 saturated carbocycles. The molecule has 4 atom stereocenters. The number of fused-ring (bicyclic) bond motifs is 5. The smallest absolute Gasteiger partial charge is 0.238 e. The highest BCUT2D eigenvalue weighted by Gasteiger charge is 2.60. The van der Waals surface area contributed by atoms with Gasteiger partial charge in [0.05, 0.1) is 17.5 Å². The maximum Gasteiger partial charge on any atom is 0.238 e. The van der Waals surface area contributed by atoms with Crippen LogP contribution in [0.15, 0.2) is 64.7 Å². The zero-order chi connectivity index (χ0) is 18.7. The lowest BCUT2D eigenvalue weighted by atomic mass is 9.82. The van der Waals surface area contributed by atoms with E-state index in [2.05, 4.69) is 28.9 Å². The van der Waals surface area contributed by atoms with Crippen LogP contribution < -0.4 is 9.64 Å². The van der Waals surface area contributed by atoms with E-state index in [1.54, 1.807) is 24.3 Å². The summed E-state index contributed by atoms with van der Waals surface area (Å²) in [5.41, 5.74) is 1.89. The maximum atomic E-state index is 13.0. The summed E-state index contributed by atoms with van der Waals surface area (Å²) in [6.45, 7) is 2.08. The lowest BCUT2D eigenvalue weighted by molar-refractivity contribution is -0.123. The third-order valence-electron chi connectivity index (χ3n) is 6.02. The van der Waals surface area contributed by atoms with Crippen LogP contribution in [0.2, 0.25) is 0 Å². The first-order valence-electron chi connectivity index (χ1n) is 9.12. The molecule has 136 valence electrons. The molecule has 2 fully saturated rings. The number of halogens is 1. The van der Waals surface area contributed by atoms with E-state index in [0.717, 1.165) is 16.6 Å². The standard InChI is InChI=1S/C22H18BrNO3/c1-12-10-13-11-18(12)20-19(13)21(25)24(22(20)26)15-4-8-17(9-5-15)27-16-6-2-14(23)3-7-16/h2-10,13,18-20H,11H2,1H3/t13-,18+,19+,20-/m0/s1. The van der Waals surface area contributed by atoms with Gasteiger partial charge in [-0.25, -0.2) is 0 Å². The molecule has 2 aromatic rings. The van der Waals surface area contributed by atoms with Gasteiger partial charge in [0.1, 0.15) is 11.5 Å². The fraction of sp³-hybridized carbons (Fsp3) is 0.273. The first kappa shape index (κ1) is 16.8. The minimum atomic E-state index is -0.176. The molecule has 2 aromatic carbocycles. The van der Waals surface area contributed by atoms with Crippen LogP contribution >= 0.6 is 15.9 Å². The van der Waals surface area contributed by atoms with Crippen LogP contribution in [0.4, 0.5) is 5.69 Å². The van der Waals surface area contributed by atoms with Gasteiger partial charge in [0.25, 0.3) is 0 Å². The number of nitrogens with zero attached hydrogens (tertiary/aromatic N) is 1. The normalized spacial score (nSPS) is 28.5. The zero-order valence-electron chi connectivity index (χ0n) is 14.8. The lowest BCUT2D eigenvalue weighted by Crippen LogP contribution is -2.32. The van der Waals surface area contributed by atoms with Crippen molar-refractivity contribution in [2.24, 2.45) is 23.7 Å². The fourth-order valence-corrected chi connectivity index (χ4v) is 5.10. The van der Waals surface area contributed by atoms with Crippen LogP contribution in [-0.4, -0.2) is 11.8 Å². The number of rotatable bonds is 3. The molecule has 0 spiro atoms. The summed E-state index contributed by atoms with van der Waals surface area (Å²) in [4.78, 5) is 27.3. The van der Waals surface area contributed by atoms with Crippen LogP contribution in [0.1, 0.15) is 13.3 Å². The van der Waals surface area contributed by atoms with E-state index in [-0.39, 0.29) is 35.5 Å². The van der Waals surface area contributed by atoms with Crippen LogP contribution in [0.5, 0.6) is 11.5 Å². The van der Waals surface area contributed by atoms with E-state index in [0.29, 0.717) is 11.4 Å². The largest absolute Gasteiger partial charge is 0.457 e. The number of ether oxygens (including phenoxy) is 1. The van der Waals surface area contributed by atoms with Crippen molar-refractivity contribution >= 4 is 33.4 Å². The Morgan fingerprint density at radius 2 is 1.52 bits per heavy atom. The van der Waals surface area contributed by atoms with Gasteiger partial charge in [-0.2, -0.15) is 0 Å². The number of carbonyl (C=O) groups excluding carboxylic acids is 2. The summed E-state index contributed by atoms with van der Waals surface area (Å²) >= 11 is 3.40. The van der Waals surface area contributed by atoms with E-state index in [1.165, 1.54) is 10.5 Å².